The fourth-order valence-electron chi connectivity index (χ4n) is 2.30. The van der Waals surface area contributed by atoms with Gasteiger partial charge in [0.15, 0.2) is 0 Å². The van der Waals surface area contributed by atoms with Gasteiger partial charge >= 0.3 is 12.0 Å². The van der Waals surface area contributed by atoms with Crippen molar-refractivity contribution in [3.05, 3.63) is 0 Å². The van der Waals surface area contributed by atoms with Crippen molar-refractivity contribution >= 4 is 12.0 Å². The predicted octanol–water partition coefficient (Wildman–Crippen LogP) is 0.996. The van der Waals surface area contributed by atoms with E-state index < -0.39 is 11.6 Å². The third-order valence-electron chi connectivity index (χ3n) is 3.34. The van der Waals surface area contributed by atoms with Gasteiger partial charge in [-0.2, -0.15) is 0 Å². The van der Waals surface area contributed by atoms with Gasteiger partial charge in [-0.1, -0.05) is 0 Å². The minimum atomic E-state index is -0.926. The zero-order valence-electron chi connectivity index (χ0n) is 11.9. The van der Waals surface area contributed by atoms with Crippen LogP contribution in [-0.2, 0) is 4.79 Å². The van der Waals surface area contributed by atoms with E-state index in [-0.39, 0.29) is 18.5 Å². The lowest BCUT2D eigenvalue weighted by molar-refractivity contribution is -0.143. The van der Waals surface area contributed by atoms with Crippen molar-refractivity contribution in [1.29, 1.82) is 0 Å². The third-order valence-corrected chi connectivity index (χ3v) is 3.34. The number of carbonyl (C=O) groups excluding carboxylic acids is 1. The minimum absolute atomic E-state index is 0.117. The van der Waals surface area contributed by atoms with Crippen LogP contribution in [0.25, 0.3) is 0 Å². The van der Waals surface area contributed by atoms with E-state index in [2.05, 4.69) is 0 Å². The first-order valence-corrected chi connectivity index (χ1v) is 6.73. The molecule has 1 saturated heterocycles. The summed E-state index contributed by atoms with van der Waals surface area (Å²) in [5, 5.41) is 18.7. The van der Waals surface area contributed by atoms with Crippen LogP contribution >= 0.6 is 0 Å². The number of carboxylic acids is 1. The van der Waals surface area contributed by atoms with Crippen LogP contribution in [0.1, 0.15) is 33.6 Å². The van der Waals surface area contributed by atoms with Crippen LogP contribution < -0.4 is 0 Å². The standard InChI is InChI=1S/C13H24N2O4/c1-4-14(9-13(2,3)19)12(18)15-7-5-10(6-8-15)11(16)17/h10,19H,4-9H2,1-3H3,(H,16,17). The normalized spacial score (nSPS) is 17.4. The summed E-state index contributed by atoms with van der Waals surface area (Å²) in [5.41, 5.74) is -0.926. The number of aliphatic carboxylic acids is 1. The summed E-state index contributed by atoms with van der Waals surface area (Å²) in [7, 11) is 0. The molecule has 6 nitrogen and oxygen atoms in total. The lowest BCUT2D eigenvalue weighted by atomic mass is 9.97. The van der Waals surface area contributed by atoms with Crippen molar-refractivity contribution in [2.45, 2.75) is 39.2 Å². The van der Waals surface area contributed by atoms with Crippen LogP contribution in [-0.4, -0.2) is 63.8 Å². The number of hydrogen-bond donors (Lipinski definition) is 2. The molecule has 110 valence electrons. The Morgan fingerprint density at radius 2 is 1.84 bits per heavy atom. The molecule has 0 bridgehead atoms. The maximum absolute atomic E-state index is 12.3. The first kappa shape index (κ1) is 15.8. The van der Waals surface area contributed by atoms with Crippen LogP contribution in [0.5, 0.6) is 0 Å². The topological polar surface area (TPSA) is 81.1 Å². The van der Waals surface area contributed by atoms with E-state index in [4.69, 9.17) is 5.11 Å². The number of rotatable bonds is 4. The molecule has 6 heteroatoms. The molecule has 0 unspecified atom stereocenters. The van der Waals surface area contributed by atoms with Crippen molar-refractivity contribution < 1.29 is 19.8 Å². The highest BCUT2D eigenvalue weighted by molar-refractivity contribution is 5.75. The lowest BCUT2D eigenvalue weighted by Gasteiger charge is -2.36. The molecule has 1 rings (SSSR count). The smallest absolute Gasteiger partial charge is 0.320 e. The number of likely N-dealkylation sites (tertiary alicyclic amines) is 1. The Hall–Kier alpha value is -1.30. The molecule has 2 amide bonds. The van der Waals surface area contributed by atoms with Gasteiger partial charge in [-0.15, -0.1) is 0 Å². The fourth-order valence-corrected chi connectivity index (χ4v) is 2.30. The molecule has 0 aromatic rings. The van der Waals surface area contributed by atoms with Gasteiger partial charge in [0.25, 0.3) is 0 Å². The number of aliphatic hydroxyl groups is 1. The molecular weight excluding hydrogens is 248 g/mol. The van der Waals surface area contributed by atoms with Crippen LogP contribution in [0.15, 0.2) is 0 Å². The molecule has 19 heavy (non-hydrogen) atoms. The molecule has 1 aliphatic rings. The predicted molar refractivity (Wildman–Crippen MR) is 70.9 cm³/mol. The van der Waals surface area contributed by atoms with Crippen LogP contribution in [0.3, 0.4) is 0 Å². The van der Waals surface area contributed by atoms with Crippen LogP contribution in [0, 0.1) is 5.92 Å². The summed E-state index contributed by atoms with van der Waals surface area (Å²) >= 11 is 0. The van der Waals surface area contributed by atoms with Crippen molar-refractivity contribution in [2.24, 2.45) is 5.92 Å². The van der Waals surface area contributed by atoms with E-state index in [1.165, 1.54) is 0 Å². The van der Waals surface area contributed by atoms with Gasteiger partial charge in [-0.3, -0.25) is 4.79 Å². The summed E-state index contributed by atoms with van der Waals surface area (Å²) in [6.45, 7) is 6.95. The van der Waals surface area contributed by atoms with E-state index >= 15 is 0 Å². The maximum atomic E-state index is 12.3. The van der Waals surface area contributed by atoms with Crippen LogP contribution in [0.4, 0.5) is 4.79 Å². The first-order valence-electron chi connectivity index (χ1n) is 6.73. The van der Waals surface area contributed by atoms with E-state index in [0.717, 1.165) is 0 Å². The van der Waals surface area contributed by atoms with Gasteiger partial charge < -0.3 is 20.0 Å². The molecule has 0 radical (unpaired) electrons. The minimum Gasteiger partial charge on any atom is -0.481 e. The quantitative estimate of drug-likeness (QED) is 0.800. The zero-order valence-corrected chi connectivity index (χ0v) is 11.9. The number of piperidine rings is 1. The molecule has 0 atom stereocenters. The highest BCUT2D eigenvalue weighted by atomic mass is 16.4. The van der Waals surface area contributed by atoms with Crippen LogP contribution in [0.2, 0.25) is 0 Å². The summed E-state index contributed by atoms with van der Waals surface area (Å²) in [6.07, 6.45) is 1.00. The number of carboxylic acid groups (broad SMARTS) is 1. The van der Waals surface area contributed by atoms with Gasteiger partial charge in [0.2, 0.25) is 0 Å². The Kier molecular flexibility index (Phi) is 5.17. The maximum Gasteiger partial charge on any atom is 0.320 e. The summed E-state index contributed by atoms with van der Waals surface area (Å²) in [4.78, 5) is 26.4. The number of nitrogens with zero attached hydrogens (tertiary/aromatic N) is 2. The van der Waals surface area contributed by atoms with Crippen molar-refractivity contribution in [3.63, 3.8) is 0 Å². The number of urea groups is 1. The third kappa shape index (κ3) is 4.70. The van der Waals surface area contributed by atoms with E-state index in [0.29, 0.717) is 32.5 Å². The van der Waals surface area contributed by atoms with Crippen molar-refractivity contribution in [3.8, 4) is 0 Å². The van der Waals surface area contributed by atoms with Gasteiger partial charge in [0, 0.05) is 19.6 Å². The first-order chi connectivity index (χ1) is 8.74. The second kappa shape index (κ2) is 6.23. The zero-order chi connectivity index (χ0) is 14.6. The fraction of sp³-hybridized carbons (Fsp3) is 0.846. The average Bonchev–Trinajstić information content (AvgIpc) is 2.34. The van der Waals surface area contributed by atoms with Gasteiger partial charge in [0.1, 0.15) is 0 Å². The Balaban J connectivity index is 2.55. The highest BCUT2D eigenvalue weighted by Crippen LogP contribution is 2.19. The molecule has 1 aliphatic heterocycles. The van der Waals surface area contributed by atoms with Gasteiger partial charge in [0.05, 0.1) is 18.1 Å². The van der Waals surface area contributed by atoms with Gasteiger partial charge in [-0.05, 0) is 33.6 Å². The molecule has 0 saturated carbocycles. The lowest BCUT2D eigenvalue weighted by Crippen LogP contribution is -2.51. The van der Waals surface area contributed by atoms with E-state index in [9.17, 15) is 14.7 Å². The summed E-state index contributed by atoms with van der Waals surface area (Å²) in [6, 6.07) is -0.117. The summed E-state index contributed by atoms with van der Waals surface area (Å²) < 4.78 is 0. The molecule has 0 spiro atoms. The molecule has 1 heterocycles. The van der Waals surface area contributed by atoms with Crippen molar-refractivity contribution in [2.75, 3.05) is 26.2 Å². The number of hydrogen-bond acceptors (Lipinski definition) is 3. The molecule has 0 aromatic heterocycles. The second-order valence-corrected chi connectivity index (χ2v) is 5.71. The Morgan fingerprint density at radius 3 is 2.21 bits per heavy atom. The number of carbonyl (C=O) groups is 2. The number of amides is 2. The monoisotopic (exact) mass is 272 g/mol. The molecule has 2 N–H and O–H groups in total. The largest absolute Gasteiger partial charge is 0.481 e. The Bertz CT molecular complexity index is 330. The average molecular weight is 272 g/mol. The van der Waals surface area contributed by atoms with Gasteiger partial charge in [-0.25, -0.2) is 4.79 Å². The highest BCUT2D eigenvalue weighted by Gasteiger charge is 2.30. The second-order valence-electron chi connectivity index (χ2n) is 5.71. The van der Waals surface area contributed by atoms with Crippen molar-refractivity contribution in [1.82, 2.24) is 9.80 Å². The molecular formula is C13H24N2O4. The molecule has 0 aliphatic carbocycles. The Morgan fingerprint density at radius 1 is 1.32 bits per heavy atom. The number of likely N-dealkylation sites (N-methyl/N-ethyl adjacent to an activating group) is 1. The van der Waals surface area contributed by atoms with E-state index in [1.54, 1.807) is 23.6 Å². The Labute approximate surface area is 114 Å². The molecule has 1 fully saturated rings. The summed E-state index contributed by atoms with van der Waals surface area (Å²) in [5.74, 6) is -1.12. The SMILES string of the molecule is CCN(CC(C)(C)O)C(=O)N1CCC(C(=O)O)CC1. The van der Waals surface area contributed by atoms with E-state index in [1.807, 2.05) is 6.92 Å². The molecule has 0 aromatic carbocycles.